The lowest BCUT2D eigenvalue weighted by Crippen LogP contribution is -2.25. The first-order valence-electron chi connectivity index (χ1n) is 13.2. The van der Waals surface area contributed by atoms with Crippen molar-refractivity contribution in [3.8, 4) is 5.75 Å². The Morgan fingerprint density at radius 3 is 1.97 bits per heavy atom. The van der Waals surface area contributed by atoms with Gasteiger partial charge in [-0.15, -0.1) is 0 Å². The van der Waals surface area contributed by atoms with Crippen LogP contribution in [0.2, 0.25) is 0 Å². The predicted octanol–water partition coefficient (Wildman–Crippen LogP) is 8.23. The third kappa shape index (κ3) is 6.11. The van der Waals surface area contributed by atoms with Crippen molar-refractivity contribution in [2.24, 2.45) is 11.8 Å². The van der Waals surface area contributed by atoms with Gasteiger partial charge in [-0.2, -0.15) is 0 Å². The van der Waals surface area contributed by atoms with Crippen LogP contribution in [0.3, 0.4) is 0 Å². The highest BCUT2D eigenvalue weighted by molar-refractivity contribution is 5.51. The van der Waals surface area contributed by atoms with Crippen LogP contribution < -0.4 is 0 Å². The molecule has 1 atom stereocenters. The second-order valence-electron chi connectivity index (χ2n) is 10.5. The summed E-state index contributed by atoms with van der Waals surface area (Å²) in [6.07, 6.45) is 12.0. The molecule has 2 aromatic rings. The number of phenolic OH excluding ortho intramolecular Hbond substituents is 1. The number of aliphatic hydroxyl groups excluding tert-OH is 1. The number of benzene rings is 2. The van der Waals surface area contributed by atoms with Gasteiger partial charge in [0.2, 0.25) is 0 Å². The molecule has 2 nitrogen and oxygen atoms in total. The minimum absolute atomic E-state index is 0.00856. The first kappa shape index (κ1) is 25.8. The molecule has 2 aliphatic carbocycles. The van der Waals surface area contributed by atoms with E-state index < -0.39 is 17.5 Å². The van der Waals surface area contributed by atoms with E-state index in [4.69, 9.17) is 0 Å². The third-order valence-corrected chi connectivity index (χ3v) is 8.23. The SMILES string of the molecule is CCCC(O)C1CCC(c2ccc(C3CCC(/C=C/c4ccc(O)c(F)c4)CC3)c(F)c2F)CC1. The Hall–Kier alpha value is -2.27. The molecule has 5 heteroatoms. The largest absolute Gasteiger partial charge is 0.505 e. The molecule has 4 rings (SSSR count). The van der Waals surface area contributed by atoms with Crippen LogP contribution >= 0.6 is 0 Å². The molecule has 2 saturated carbocycles. The van der Waals surface area contributed by atoms with Crippen LogP contribution in [0, 0.1) is 29.3 Å². The molecule has 2 N–H and O–H groups in total. The van der Waals surface area contributed by atoms with Crippen LogP contribution in [0.15, 0.2) is 36.4 Å². The second-order valence-corrected chi connectivity index (χ2v) is 10.5. The summed E-state index contributed by atoms with van der Waals surface area (Å²) in [5, 5.41) is 19.6. The number of halogens is 3. The van der Waals surface area contributed by atoms with Crippen LogP contribution in [0.4, 0.5) is 13.2 Å². The Morgan fingerprint density at radius 2 is 1.43 bits per heavy atom. The van der Waals surface area contributed by atoms with Crippen molar-refractivity contribution in [1.82, 2.24) is 0 Å². The van der Waals surface area contributed by atoms with E-state index in [0.29, 0.717) is 22.6 Å². The normalized spacial score (nSPS) is 26.2. The van der Waals surface area contributed by atoms with Crippen molar-refractivity contribution in [3.63, 3.8) is 0 Å². The topological polar surface area (TPSA) is 40.5 Å². The van der Waals surface area contributed by atoms with E-state index in [9.17, 15) is 14.6 Å². The van der Waals surface area contributed by atoms with Gasteiger partial charge in [0.15, 0.2) is 23.2 Å². The molecule has 1 unspecified atom stereocenters. The summed E-state index contributed by atoms with van der Waals surface area (Å²) in [5.74, 6) is -1.75. The van der Waals surface area contributed by atoms with E-state index >= 15 is 8.78 Å². The number of hydrogen-bond acceptors (Lipinski definition) is 2. The second kappa shape index (κ2) is 11.6. The predicted molar refractivity (Wildman–Crippen MR) is 134 cm³/mol. The molecule has 0 amide bonds. The van der Waals surface area contributed by atoms with E-state index in [1.54, 1.807) is 18.2 Å². The summed E-state index contributed by atoms with van der Waals surface area (Å²) in [5.41, 5.74) is 1.67. The lowest BCUT2D eigenvalue weighted by molar-refractivity contribution is 0.0727. The van der Waals surface area contributed by atoms with E-state index in [-0.39, 0.29) is 29.6 Å². The van der Waals surface area contributed by atoms with E-state index in [2.05, 4.69) is 13.0 Å². The highest BCUT2D eigenvalue weighted by atomic mass is 19.2. The van der Waals surface area contributed by atoms with Crippen LogP contribution in [0.5, 0.6) is 5.75 Å². The van der Waals surface area contributed by atoms with Crippen molar-refractivity contribution in [2.45, 2.75) is 89.1 Å². The minimum atomic E-state index is -0.686. The molecule has 0 saturated heterocycles. The molecule has 2 aliphatic rings. The number of aliphatic hydroxyl groups is 1. The average molecular weight is 487 g/mol. The van der Waals surface area contributed by atoms with Gasteiger partial charge in [0, 0.05) is 0 Å². The van der Waals surface area contributed by atoms with Gasteiger partial charge in [-0.05, 0) is 110 Å². The van der Waals surface area contributed by atoms with Crippen LogP contribution in [-0.4, -0.2) is 16.3 Å². The van der Waals surface area contributed by atoms with Crippen molar-refractivity contribution in [1.29, 1.82) is 0 Å². The molecule has 2 aromatic carbocycles. The molecule has 2 fully saturated rings. The Kier molecular flexibility index (Phi) is 8.59. The number of phenols is 1. The summed E-state index contributed by atoms with van der Waals surface area (Å²) in [6.45, 7) is 2.07. The molecule has 0 aromatic heterocycles. The van der Waals surface area contributed by atoms with Crippen molar-refractivity contribution in [3.05, 3.63) is 70.5 Å². The summed E-state index contributed by atoms with van der Waals surface area (Å²) < 4.78 is 43.8. The molecule has 0 heterocycles. The fourth-order valence-corrected chi connectivity index (χ4v) is 6.05. The van der Waals surface area contributed by atoms with E-state index in [1.165, 1.54) is 12.1 Å². The van der Waals surface area contributed by atoms with Crippen LogP contribution in [0.25, 0.3) is 6.08 Å². The van der Waals surface area contributed by atoms with Gasteiger partial charge in [-0.1, -0.05) is 43.7 Å². The number of allylic oxidation sites excluding steroid dienone is 1. The van der Waals surface area contributed by atoms with Gasteiger partial charge >= 0.3 is 0 Å². The van der Waals surface area contributed by atoms with Gasteiger partial charge in [-0.3, -0.25) is 0 Å². The molecular formula is C30H37F3O2. The first-order valence-corrected chi connectivity index (χ1v) is 13.2. The molecule has 0 radical (unpaired) electrons. The quantitative estimate of drug-likeness (QED) is 0.414. The Morgan fingerprint density at radius 1 is 0.857 bits per heavy atom. The van der Waals surface area contributed by atoms with E-state index in [0.717, 1.165) is 64.2 Å². The fourth-order valence-electron chi connectivity index (χ4n) is 6.05. The summed E-state index contributed by atoms with van der Waals surface area (Å²) in [7, 11) is 0. The zero-order chi connectivity index (χ0) is 24.9. The first-order chi connectivity index (χ1) is 16.9. The van der Waals surface area contributed by atoms with Crippen molar-refractivity contribution in [2.75, 3.05) is 0 Å². The third-order valence-electron chi connectivity index (χ3n) is 8.23. The number of hydrogen-bond donors (Lipinski definition) is 2. The average Bonchev–Trinajstić information content (AvgIpc) is 2.87. The highest BCUT2D eigenvalue weighted by Crippen LogP contribution is 2.42. The van der Waals surface area contributed by atoms with Gasteiger partial charge in [0.1, 0.15) is 0 Å². The lowest BCUT2D eigenvalue weighted by atomic mass is 9.74. The molecular weight excluding hydrogens is 449 g/mol. The summed E-state index contributed by atoms with van der Waals surface area (Å²) in [6, 6.07) is 7.91. The van der Waals surface area contributed by atoms with E-state index in [1.807, 2.05) is 6.08 Å². The monoisotopic (exact) mass is 486 g/mol. The number of aromatic hydroxyl groups is 1. The molecule has 0 aliphatic heterocycles. The van der Waals surface area contributed by atoms with Gasteiger partial charge in [0.05, 0.1) is 6.10 Å². The van der Waals surface area contributed by atoms with Crippen LogP contribution in [-0.2, 0) is 0 Å². The summed E-state index contributed by atoms with van der Waals surface area (Å²) in [4.78, 5) is 0. The van der Waals surface area contributed by atoms with Gasteiger partial charge in [-0.25, -0.2) is 13.2 Å². The van der Waals surface area contributed by atoms with Gasteiger partial charge < -0.3 is 10.2 Å². The van der Waals surface area contributed by atoms with Crippen molar-refractivity contribution >= 4 is 6.08 Å². The highest BCUT2D eigenvalue weighted by Gasteiger charge is 2.31. The Bertz CT molecular complexity index is 1020. The molecule has 35 heavy (non-hydrogen) atoms. The van der Waals surface area contributed by atoms with Crippen molar-refractivity contribution < 1.29 is 23.4 Å². The maximum absolute atomic E-state index is 15.2. The zero-order valence-corrected chi connectivity index (χ0v) is 20.5. The fraction of sp³-hybridized carbons (Fsp3) is 0.533. The number of rotatable bonds is 7. The summed E-state index contributed by atoms with van der Waals surface area (Å²) >= 11 is 0. The van der Waals surface area contributed by atoms with Gasteiger partial charge in [0.25, 0.3) is 0 Å². The molecule has 190 valence electrons. The molecule has 0 spiro atoms. The molecule has 0 bridgehead atoms. The maximum Gasteiger partial charge on any atom is 0.165 e. The standard InChI is InChI=1S/C30H37F3O2/c1-2-3-27(34)23-13-11-22(12-14-23)25-16-15-24(29(32)30(25)33)21-9-6-19(7-10-21)4-5-20-8-17-28(35)26(31)18-20/h4-5,8,15-19,21-23,27,34-35H,2-3,6-7,9-14H2,1H3/b5-4+. The lowest BCUT2D eigenvalue weighted by Gasteiger charge is -2.32. The Labute approximate surface area is 206 Å². The minimum Gasteiger partial charge on any atom is -0.505 e. The Balaban J connectivity index is 1.34. The zero-order valence-electron chi connectivity index (χ0n) is 20.5. The smallest absolute Gasteiger partial charge is 0.165 e. The van der Waals surface area contributed by atoms with Crippen LogP contribution in [0.1, 0.15) is 99.7 Å². The maximum atomic E-state index is 15.2.